The second-order valence-corrected chi connectivity index (χ2v) is 10.2. The van der Waals surface area contributed by atoms with Crippen molar-refractivity contribution in [2.45, 2.75) is 26.4 Å². The Morgan fingerprint density at radius 2 is 1.79 bits per heavy atom. The van der Waals surface area contributed by atoms with E-state index in [4.69, 9.17) is 4.74 Å². The van der Waals surface area contributed by atoms with Gasteiger partial charge in [-0.25, -0.2) is 16.8 Å². The Bertz CT molecular complexity index is 1010. The molecular weight excluding hydrogens is 412 g/mol. The van der Waals surface area contributed by atoms with Gasteiger partial charge in [-0.3, -0.25) is 23.6 Å². The van der Waals surface area contributed by atoms with Gasteiger partial charge in [-0.15, -0.1) is 0 Å². The number of ether oxygens (including phenoxy) is 1. The monoisotopic (exact) mass is 432 g/mol. The normalized spacial score (nSPS) is 14.4. The van der Waals surface area contributed by atoms with E-state index in [1.165, 1.54) is 18.2 Å². The second-order valence-electron chi connectivity index (χ2n) is 7.17. The molecule has 0 fully saturated rings. The Morgan fingerprint density at radius 3 is 2.29 bits per heavy atom. The number of thiol groups is 1. The molecule has 0 aliphatic carbocycles. The number of nitrogens with zero attached hydrogens (tertiary/aromatic N) is 2. The number of imide groups is 1. The summed E-state index contributed by atoms with van der Waals surface area (Å²) in [6.07, 6.45) is 0.837. The third-order valence-electron chi connectivity index (χ3n) is 3.52. The highest BCUT2D eigenvalue weighted by Crippen LogP contribution is 2.32. The molecule has 0 bridgehead atoms. The highest BCUT2D eigenvalue weighted by molar-refractivity contribution is 7.91. The summed E-state index contributed by atoms with van der Waals surface area (Å²) in [5, 5.41) is 0. The number of benzene rings is 1. The van der Waals surface area contributed by atoms with Crippen LogP contribution in [0.25, 0.3) is 0 Å². The maximum absolute atomic E-state index is 12.7. The summed E-state index contributed by atoms with van der Waals surface area (Å²) in [5.74, 6) is -3.41. The summed E-state index contributed by atoms with van der Waals surface area (Å²) >= 11 is 0. The third kappa shape index (κ3) is 4.87. The molecule has 12 heteroatoms. The van der Waals surface area contributed by atoms with Crippen molar-refractivity contribution in [3.05, 3.63) is 29.3 Å². The molecule has 0 saturated heterocycles. The van der Waals surface area contributed by atoms with Crippen molar-refractivity contribution in [1.29, 1.82) is 0 Å². The molecule has 0 N–H and O–H groups in total. The minimum absolute atomic E-state index is 0.124. The maximum Gasteiger partial charge on any atom is 0.326 e. The van der Waals surface area contributed by atoms with Gasteiger partial charge in [-0.05, 0) is 32.9 Å². The number of amides is 2. The van der Waals surface area contributed by atoms with Gasteiger partial charge in [-0.1, -0.05) is 6.07 Å². The number of carbonyl (C=O) groups excluding carboxylic acids is 3. The van der Waals surface area contributed by atoms with Crippen LogP contribution in [0.2, 0.25) is 0 Å². The van der Waals surface area contributed by atoms with Crippen LogP contribution in [0.15, 0.2) is 18.2 Å². The number of anilines is 1. The number of sulfone groups is 1. The van der Waals surface area contributed by atoms with E-state index in [2.05, 4.69) is 0 Å². The van der Waals surface area contributed by atoms with Crippen molar-refractivity contribution < 1.29 is 36.0 Å². The molecular formula is C16H20N2O8S2. The van der Waals surface area contributed by atoms with Crippen molar-refractivity contribution in [3.8, 4) is 0 Å². The number of fused-ring (bicyclic) bond motifs is 1. The number of rotatable bonds is 6. The predicted molar refractivity (Wildman–Crippen MR) is 100 cm³/mol. The van der Waals surface area contributed by atoms with E-state index in [-0.39, 0.29) is 16.8 Å². The van der Waals surface area contributed by atoms with Crippen LogP contribution in [0.3, 0.4) is 0 Å². The van der Waals surface area contributed by atoms with Gasteiger partial charge in [-0.2, -0.15) is 0 Å². The van der Waals surface area contributed by atoms with Crippen molar-refractivity contribution in [1.82, 2.24) is 4.90 Å². The Kier molecular flexibility index (Phi) is 5.85. The van der Waals surface area contributed by atoms with Crippen LogP contribution in [0.5, 0.6) is 0 Å². The van der Waals surface area contributed by atoms with Gasteiger partial charge in [0.15, 0.2) is 9.84 Å². The minimum Gasteiger partial charge on any atom is -0.459 e. The second kappa shape index (κ2) is 7.51. The number of carbonyl (C=O) groups is 3. The lowest BCUT2D eigenvalue weighted by Crippen LogP contribution is -2.38. The number of hydrogen-bond donors (Lipinski definition) is 1. The van der Waals surface area contributed by atoms with Gasteiger partial charge in [0.1, 0.15) is 18.0 Å². The fraction of sp³-hybridized carbons (Fsp3) is 0.438. The van der Waals surface area contributed by atoms with Crippen LogP contribution >= 0.6 is 0 Å². The van der Waals surface area contributed by atoms with E-state index in [9.17, 15) is 31.2 Å². The van der Waals surface area contributed by atoms with E-state index in [0.29, 0.717) is 9.21 Å². The van der Waals surface area contributed by atoms with E-state index >= 15 is 0 Å². The summed E-state index contributed by atoms with van der Waals surface area (Å²) in [7, 11) is -7.17. The lowest BCUT2D eigenvalue weighted by molar-refractivity contribution is -0.155. The van der Waals surface area contributed by atoms with Gasteiger partial charge in [0.25, 0.3) is 11.8 Å². The first-order valence-corrected chi connectivity index (χ1v) is 11.2. The standard InChI is InChI=1S/C16H20N2O8S2/c1-16(2,3)26-12(19)8-17-14(20)10-6-5-7-11(13(10)15(17)21)18(27(22)23)9-28(4,24)25/h5-7,27H,8-9H2,1-4H3. The Hall–Kier alpha value is -2.47. The van der Waals surface area contributed by atoms with E-state index in [1.54, 1.807) is 20.8 Å². The summed E-state index contributed by atoms with van der Waals surface area (Å²) in [5.41, 5.74) is -1.47. The highest BCUT2D eigenvalue weighted by atomic mass is 32.2. The molecule has 1 aromatic carbocycles. The van der Waals surface area contributed by atoms with Crippen LogP contribution < -0.4 is 4.31 Å². The lowest BCUT2D eigenvalue weighted by Gasteiger charge is -2.21. The average Bonchev–Trinajstić information content (AvgIpc) is 2.75. The lowest BCUT2D eigenvalue weighted by atomic mass is 10.1. The molecule has 10 nitrogen and oxygen atoms in total. The van der Waals surface area contributed by atoms with Gasteiger partial charge in [0.05, 0.1) is 16.8 Å². The molecule has 0 atom stereocenters. The van der Waals surface area contributed by atoms with Crippen LogP contribution in [0.4, 0.5) is 5.69 Å². The summed E-state index contributed by atoms with van der Waals surface area (Å²) < 4.78 is 52.0. The molecule has 0 spiro atoms. The highest BCUT2D eigenvalue weighted by Gasteiger charge is 2.40. The molecule has 1 aliphatic heterocycles. The fourth-order valence-corrected chi connectivity index (χ4v) is 4.54. The van der Waals surface area contributed by atoms with Crippen molar-refractivity contribution >= 4 is 44.2 Å². The zero-order valence-electron chi connectivity index (χ0n) is 15.7. The van der Waals surface area contributed by atoms with Gasteiger partial charge < -0.3 is 4.74 Å². The zero-order valence-corrected chi connectivity index (χ0v) is 17.4. The molecule has 0 aromatic heterocycles. The quantitative estimate of drug-likeness (QED) is 0.376. The molecule has 154 valence electrons. The first-order chi connectivity index (χ1) is 12.7. The first-order valence-electron chi connectivity index (χ1n) is 8.02. The maximum atomic E-state index is 12.7. The molecule has 2 amide bonds. The summed E-state index contributed by atoms with van der Waals surface area (Å²) in [4.78, 5) is 37.9. The average molecular weight is 432 g/mol. The van der Waals surface area contributed by atoms with Crippen molar-refractivity contribution in [3.63, 3.8) is 0 Å². The molecule has 0 radical (unpaired) electrons. The molecule has 1 aromatic rings. The largest absolute Gasteiger partial charge is 0.459 e. The molecule has 28 heavy (non-hydrogen) atoms. The molecule has 1 heterocycles. The predicted octanol–water partition coefficient (Wildman–Crippen LogP) is -0.0408. The zero-order chi connectivity index (χ0) is 21.4. The Morgan fingerprint density at radius 1 is 1.18 bits per heavy atom. The van der Waals surface area contributed by atoms with Crippen molar-refractivity contribution in [2.75, 3.05) is 23.0 Å². The number of hydrogen-bond acceptors (Lipinski definition) is 8. The first kappa shape index (κ1) is 21.8. The summed E-state index contributed by atoms with van der Waals surface area (Å²) in [6, 6.07) is 3.84. The topological polar surface area (TPSA) is 135 Å². The van der Waals surface area contributed by atoms with E-state index < -0.39 is 56.5 Å². The van der Waals surface area contributed by atoms with Crippen LogP contribution in [-0.4, -0.2) is 63.8 Å². The van der Waals surface area contributed by atoms with Crippen LogP contribution in [-0.2, 0) is 30.3 Å². The molecule has 0 unspecified atom stereocenters. The van der Waals surface area contributed by atoms with E-state index in [1.807, 2.05) is 0 Å². The van der Waals surface area contributed by atoms with Gasteiger partial charge in [0, 0.05) is 6.26 Å². The van der Waals surface area contributed by atoms with Gasteiger partial charge in [0.2, 0.25) is 10.9 Å². The van der Waals surface area contributed by atoms with Crippen LogP contribution in [0.1, 0.15) is 41.5 Å². The van der Waals surface area contributed by atoms with Gasteiger partial charge >= 0.3 is 5.97 Å². The van der Waals surface area contributed by atoms with Crippen molar-refractivity contribution in [2.24, 2.45) is 0 Å². The Labute approximate surface area is 164 Å². The smallest absolute Gasteiger partial charge is 0.326 e. The fourth-order valence-electron chi connectivity index (χ4n) is 2.60. The molecule has 1 aliphatic rings. The minimum atomic E-state index is -3.76. The number of esters is 1. The third-order valence-corrected chi connectivity index (χ3v) is 5.19. The van der Waals surface area contributed by atoms with E-state index in [0.717, 1.165) is 6.26 Å². The SMILES string of the molecule is CC(C)(C)OC(=O)CN1C(=O)c2cccc(N(CS(C)(=O)=O)[SH](=O)=O)c2C1=O. The Balaban J connectivity index is 2.45. The molecule has 0 saturated carbocycles. The van der Waals surface area contributed by atoms with Crippen LogP contribution in [0, 0.1) is 0 Å². The summed E-state index contributed by atoms with van der Waals surface area (Å²) in [6.45, 7) is 4.22. The molecule has 2 rings (SSSR count).